The van der Waals surface area contributed by atoms with E-state index in [2.05, 4.69) is 5.16 Å². The van der Waals surface area contributed by atoms with E-state index >= 15 is 0 Å². The van der Waals surface area contributed by atoms with Crippen LogP contribution in [0.1, 0.15) is 27.3 Å². The Morgan fingerprint density at radius 1 is 1.23 bits per heavy atom. The van der Waals surface area contributed by atoms with Gasteiger partial charge in [0.25, 0.3) is 5.60 Å². The summed E-state index contributed by atoms with van der Waals surface area (Å²) in [4.78, 5) is 6.48. The molecule has 10 heteroatoms. The van der Waals surface area contributed by atoms with Crippen LogP contribution in [0.15, 0.2) is 23.4 Å². The third kappa shape index (κ3) is 3.20. The number of halogens is 6. The van der Waals surface area contributed by atoms with Crippen molar-refractivity contribution < 1.29 is 18.0 Å². The SMILES string of the molecule is Cc1sc(C2=NOC(c3cc(Cl)c(Cl)c(Cl)c3)(C(F)(F)F)C2)cc1CN. The van der Waals surface area contributed by atoms with Gasteiger partial charge in [0.2, 0.25) is 0 Å². The van der Waals surface area contributed by atoms with Gasteiger partial charge in [-0.15, -0.1) is 11.3 Å². The van der Waals surface area contributed by atoms with E-state index < -0.39 is 18.2 Å². The Balaban J connectivity index is 2.05. The van der Waals surface area contributed by atoms with Crippen molar-refractivity contribution in [2.45, 2.75) is 31.7 Å². The fourth-order valence-corrected chi connectivity index (χ4v) is 4.32. The Labute approximate surface area is 166 Å². The Hall–Kier alpha value is -0.990. The minimum Gasteiger partial charge on any atom is -0.374 e. The summed E-state index contributed by atoms with van der Waals surface area (Å²) in [6.07, 6.45) is -5.25. The highest BCUT2D eigenvalue weighted by molar-refractivity contribution is 7.14. The van der Waals surface area contributed by atoms with Crippen molar-refractivity contribution in [3.05, 3.63) is 54.1 Å². The number of benzene rings is 1. The molecule has 0 aliphatic carbocycles. The Bertz CT molecular complexity index is 874. The first-order chi connectivity index (χ1) is 12.1. The maximum atomic E-state index is 14.0. The first-order valence-electron chi connectivity index (χ1n) is 7.35. The fourth-order valence-electron chi connectivity index (χ4n) is 2.69. The van der Waals surface area contributed by atoms with E-state index in [4.69, 9.17) is 45.4 Å². The Morgan fingerprint density at radius 2 is 1.85 bits per heavy atom. The van der Waals surface area contributed by atoms with Crippen molar-refractivity contribution in [1.82, 2.24) is 0 Å². The number of thiophene rings is 1. The third-order valence-electron chi connectivity index (χ3n) is 4.16. The monoisotopic (exact) mass is 442 g/mol. The molecule has 1 aromatic carbocycles. The molecule has 0 radical (unpaired) electrons. The van der Waals surface area contributed by atoms with Crippen LogP contribution in [0.4, 0.5) is 13.2 Å². The van der Waals surface area contributed by atoms with Gasteiger partial charge in [0, 0.05) is 17.0 Å². The van der Waals surface area contributed by atoms with Gasteiger partial charge in [-0.25, -0.2) is 0 Å². The average Bonchev–Trinajstić information content (AvgIpc) is 3.16. The molecule has 0 spiro atoms. The van der Waals surface area contributed by atoms with E-state index in [9.17, 15) is 13.2 Å². The number of hydrogen-bond acceptors (Lipinski definition) is 4. The van der Waals surface area contributed by atoms with E-state index in [1.54, 1.807) is 6.07 Å². The highest BCUT2D eigenvalue weighted by Gasteiger charge is 2.62. The van der Waals surface area contributed by atoms with Crippen molar-refractivity contribution in [1.29, 1.82) is 0 Å². The van der Waals surface area contributed by atoms with Gasteiger partial charge in [-0.3, -0.25) is 0 Å². The molecule has 1 aliphatic heterocycles. The molecule has 0 fully saturated rings. The van der Waals surface area contributed by atoms with Crippen molar-refractivity contribution in [3.8, 4) is 0 Å². The standard InChI is InChI=1S/C16H12Cl3F3N2OS/c1-7-8(6-23)2-13(26-7)12-5-15(25-24-12,16(20,21)22)9-3-10(17)14(19)11(18)4-9/h2-4H,5-6,23H2,1H3. The molecule has 1 aliphatic rings. The number of alkyl halides is 3. The maximum Gasteiger partial charge on any atom is 0.435 e. The van der Waals surface area contributed by atoms with Crippen LogP contribution in [0, 0.1) is 6.92 Å². The van der Waals surface area contributed by atoms with Crippen LogP contribution >= 0.6 is 46.1 Å². The Morgan fingerprint density at radius 3 is 2.35 bits per heavy atom. The summed E-state index contributed by atoms with van der Waals surface area (Å²) in [7, 11) is 0. The van der Waals surface area contributed by atoms with E-state index in [1.807, 2.05) is 6.92 Å². The van der Waals surface area contributed by atoms with Crippen LogP contribution < -0.4 is 5.73 Å². The molecular weight excluding hydrogens is 432 g/mol. The zero-order chi connectivity index (χ0) is 19.3. The molecule has 140 valence electrons. The van der Waals surface area contributed by atoms with Gasteiger partial charge in [-0.05, 0) is 30.7 Å². The summed E-state index contributed by atoms with van der Waals surface area (Å²) >= 11 is 19.0. The van der Waals surface area contributed by atoms with Gasteiger partial charge in [0.05, 0.1) is 26.4 Å². The van der Waals surface area contributed by atoms with Gasteiger partial charge < -0.3 is 10.6 Å². The van der Waals surface area contributed by atoms with Gasteiger partial charge in [0.1, 0.15) is 5.71 Å². The molecule has 0 saturated carbocycles. The van der Waals surface area contributed by atoms with Gasteiger partial charge in [0.15, 0.2) is 0 Å². The van der Waals surface area contributed by atoms with Gasteiger partial charge >= 0.3 is 6.18 Å². The van der Waals surface area contributed by atoms with E-state index in [-0.39, 0.29) is 26.3 Å². The minimum atomic E-state index is -4.75. The number of nitrogens with zero attached hydrogens (tertiary/aromatic N) is 1. The summed E-state index contributed by atoms with van der Waals surface area (Å²) in [5, 5.41) is 3.52. The molecule has 2 aromatic rings. The normalized spacial score (nSPS) is 20.2. The smallest absolute Gasteiger partial charge is 0.374 e. The van der Waals surface area contributed by atoms with Crippen LogP contribution in [0.25, 0.3) is 0 Å². The van der Waals surface area contributed by atoms with Crippen molar-refractivity contribution in [3.63, 3.8) is 0 Å². The van der Waals surface area contributed by atoms with Gasteiger partial charge in [-0.1, -0.05) is 40.0 Å². The summed E-state index contributed by atoms with van der Waals surface area (Å²) in [5.41, 5.74) is 3.75. The number of hydrogen-bond donors (Lipinski definition) is 1. The molecule has 3 rings (SSSR count). The van der Waals surface area contributed by atoms with Crippen LogP contribution in [0.5, 0.6) is 0 Å². The summed E-state index contributed by atoms with van der Waals surface area (Å²) in [6, 6.07) is 3.94. The second-order valence-electron chi connectivity index (χ2n) is 5.78. The first-order valence-corrected chi connectivity index (χ1v) is 9.30. The lowest BCUT2D eigenvalue weighted by Crippen LogP contribution is -2.42. The molecule has 1 unspecified atom stereocenters. The highest BCUT2D eigenvalue weighted by Crippen LogP contribution is 2.51. The molecule has 0 amide bonds. The highest BCUT2D eigenvalue weighted by atomic mass is 35.5. The summed E-state index contributed by atoms with van der Waals surface area (Å²) in [5.74, 6) is 0. The second kappa shape index (κ2) is 6.87. The van der Waals surface area contributed by atoms with Crippen molar-refractivity contribution in [2.75, 3.05) is 0 Å². The summed E-state index contributed by atoms with van der Waals surface area (Å²) in [6.45, 7) is 2.14. The van der Waals surface area contributed by atoms with Crippen molar-refractivity contribution >= 4 is 51.9 Å². The van der Waals surface area contributed by atoms with E-state index in [1.165, 1.54) is 11.3 Å². The Kier molecular flexibility index (Phi) is 5.22. The minimum absolute atomic E-state index is 0.0185. The lowest BCUT2D eigenvalue weighted by molar-refractivity contribution is -0.275. The predicted molar refractivity (Wildman–Crippen MR) is 98.4 cm³/mol. The predicted octanol–water partition coefficient (Wildman–Crippen LogP) is 6.06. The fraction of sp³-hybridized carbons (Fsp3) is 0.312. The molecule has 1 aromatic heterocycles. The topological polar surface area (TPSA) is 47.6 Å². The maximum absolute atomic E-state index is 14.0. The van der Waals surface area contributed by atoms with Gasteiger partial charge in [-0.2, -0.15) is 13.2 Å². The lowest BCUT2D eigenvalue weighted by Gasteiger charge is -2.29. The number of oxime groups is 1. The number of nitrogens with two attached hydrogens (primary N) is 1. The van der Waals surface area contributed by atoms with E-state index in [0.717, 1.165) is 22.6 Å². The van der Waals surface area contributed by atoms with Crippen LogP contribution in [0.2, 0.25) is 15.1 Å². The molecule has 3 nitrogen and oxygen atoms in total. The second-order valence-corrected chi connectivity index (χ2v) is 8.23. The lowest BCUT2D eigenvalue weighted by atomic mass is 9.88. The first kappa shape index (κ1) is 19.8. The molecule has 26 heavy (non-hydrogen) atoms. The zero-order valence-corrected chi connectivity index (χ0v) is 16.3. The zero-order valence-electron chi connectivity index (χ0n) is 13.3. The molecular formula is C16H12Cl3F3N2OS. The number of rotatable bonds is 3. The van der Waals surface area contributed by atoms with Crippen LogP contribution in [-0.2, 0) is 17.0 Å². The van der Waals surface area contributed by atoms with Crippen LogP contribution in [0.3, 0.4) is 0 Å². The number of aryl methyl sites for hydroxylation is 1. The molecule has 2 N–H and O–H groups in total. The molecule has 2 heterocycles. The quantitative estimate of drug-likeness (QED) is 0.586. The average molecular weight is 444 g/mol. The third-order valence-corrected chi connectivity index (χ3v) is 6.50. The summed E-state index contributed by atoms with van der Waals surface area (Å²) < 4.78 is 41.9. The largest absolute Gasteiger partial charge is 0.435 e. The van der Waals surface area contributed by atoms with E-state index in [0.29, 0.717) is 11.4 Å². The van der Waals surface area contributed by atoms with Crippen LogP contribution in [-0.4, -0.2) is 11.9 Å². The molecule has 0 saturated heterocycles. The van der Waals surface area contributed by atoms with Crippen molar-refractivity contribution in [2.24, 2.45) is 10.9 Å². The molecule has 1 atom stereocenters. The molecule has 0 bridgehead atoms.